The number of hydrogen-bond donors (Lipinski definition) is 1. The number of hydrogen-bond acceptors (Lipinski definition) is 5. The highest BCUT2D eigenvalue weighted by Crippen LogP contribution is 2.26. The molecular weight excluding hydrogens is 400 g/mol. The summed E-state index contributed by atoms with van der Waals surface area (Å²) < 4.78 is 1.46. The molecule has 4 rings (SSSR count). The Hall–Kier alpha value is -3.78. The van der Waals surface area contributed by atoms with E-state index in [9.17, 15) is 14.9 Å². The number of aromatic nitrogens is 2. The van der Waals surface area contributed by atoms with Crippen LogP contribution in [0.1, 0.15) is 16.1 Å². The van der Waals surface area contributed by atoms with Gasteiger partial charge < -0.3 is 5.32 Å². The fourth-order valence-electron chi connectivity index (χ4n) is 3.08. The molecule has 2 heterocycles. The normalized spacial score (nSPS) is 10.7. The van der Waals surface area contributed by atoms with E-state index in [1.165, 1.54) is 28.2 Å². The van der Waals surface area contributed by atoms with Gasteiger partial charge >= 0.3 is 0 Å². The molecule has 0 saturated heterocycles. The second-order valence-corrected chi connectivity index (χ2v) is 7.52. The van der Waals surface area contributed by atoms with Gasteiger partial charge in [-0.1, -0.05) is 42.5 Å². The monoisotopic (exact) mass is 418 g/mol. The van der Waals surface area contributed by atoms with Crippen LogP contribution in [0.15, 0.2) is 78.2 Å². The first-order chi connectivity index (χ1) is 14.6. The quantitative estimate of drug-likeness (QED) is 0.354. The van der Waals surface area contributed by atoms with Crippen molar-refractivity contribution in [1.29, 1.82) is 0 Å². The number of carbonyl (C=O) groups is 1. The first-order valence-electron chi connectivity index (χ1n) is 9.33. The lowest BCUT2D eigenvalue weighted by Gasteiger charge is -2.08. The number of nitro benzene ring substituents is 1. The van der Waals surface area contributed by atoms with Crippen LogP contribution in [0, 0.1) is 10.1 Å². The maximum absolute atomic E-state index is 12.9. The summed E-state index contributed by atoms with van der Waals surface area (Å²) in [4.78, 5) is 24.5. The SMILES string of the molecule is O=C(NCCc1ccccc1)c1cc(-c2cccs2)nn1-c1cccc([N+](=O)[O-])c1. The van der Waals surface area contributed by atoms with E-state index in [0.717, 1.165) is 10.4 Å². The number of carbonyl (C=O) groups excluding carboxylic acids is 1. The van der Waals surface area contributed by atoms with Crippen LogP contribution in [0.5, 0.6) is 0 Å². The molecule has 7 nitrogen and oxygen atoms in total. The molecule has 0 aliphatic heterocycles. The lowest BCUT2D eigenvalue weighted by atomic mass is 10.1. The Morgan fingerprint density at radius 1 is 1.07 bits per heavy atom. The van der Waals surface area contributed by atoms with Crippen molar-refractivity contribution in [2.24, 2.45) is 0 Å². The molecule has 0 spiro atoms. The molecule has 1 N–H and O–H groups in total. The average Bonchev–Trinajstić information content (AvgIpc) is 3.44. The molecule has 150 valence electrons. The summed E-state index contributed by atoms with van der Waals surface area (Å²) in [5, 5.41) is 20.6. The van der Waals surface area contributed by atoms with Gasteiger partial charge in [0.05, 0.1) is 15.5 Å². The second-order valence-electron chi connectivity index (χ2n) is 6.57. The van der Waals surface area contributed by atoms with Crippen molar-refractivity contribution in [2.75, 3.05) is 6.54 Å². The van der Waals surface area contributed by atoms with Crippen molar-refractivity contribution < 1.29 is 9.72 Å². The third-order valence-corrected chi connectivity index (χ3v) is 5.44. The molecule has 0 atom stereocenters. The number of nitro groups is 1. The predicted molar refractivity (Wildman–Crippen MR) is 116 cm³/mol. The Morgan fingerprint density at radius 3 is 2.63 bits per heavy atom. The third kappa shape index (κ3) is 4.28. The molecule has 0 radical (unpaired) electrons. The Balaban J connectivity index is 1.63. The van der Waals surface area contributed by atoms with Gasteiger partial charge in [0, 0.05) is 18.7 Å². The van der Waals surface area contributed by atoms with Gasteiger partial charge in [0.25, 0.3) is 11.6 Å². The van der Waals surface area contributed by atoms with Gasteiger partial charge in [-0.05, 0) is 35.6 Å². The van der Waals surface area contributed by atoms with Gasteiger partial charge in [-0.3, -0.25) is 14.9 Å². The summed E-state index contributed by atoms with van der Waals surface area (Å²) in [6.07, 6.45) is 0.704. The molecular formula is C22H18N4O3S. The maximum atomic E-state index is 12.9. The standard InChI is InChI=1S/C22H18N4O3S/c27-22(23-12-11-16-6-2-1-3-7-16)20-15-19(21-10-5-13-30-21)24-25(20)17-8-4-9-18(14-17)26(28)29/h1-10,13-15H,11-12H2,(H,23,27). The van der Waals surface area contributed by atoms with Gasteiger partial charge in [0.15, 0.2) is 0 Å². The Morgan fingerprint density at radius 2 is 1.90 bits per heavy atom. The van der Waals surface area contributed by atoms with Crippen LogP contribution >= 0.6 is 11.3 Å². The van der Waals surface area contributed by atoms with Crippen molar-refractivity contribution >= 4 is 22.9 Å². The Labute approximate surface area is 176 Å². The zero-order valence-electron chi connectivity index (χ0n) is 15.9. The largest absolute Gasteiger partial charge is 0.350 e. The molecule has 0 aliphatic carbocycles. The van der Waals surface area contributed by atoms with E-state index in [-0.39, 0.29) is 11.6 Å². The van der Waals surface area contributed by atoms with Crippen molar-refractivity contribution in [3.05, 3.63) is 99.5 Å². The van der Waals surface area contributed by atoms with Crippen LogP contribution in [-0.2, 0) is 6.42 Å². The minimum atomic E-state index is -0.465. The van der Waals surface area contributed by atoms with Crippen molar-refractivity contribution in [1.82, 2.24) is 15.1 Å². The average molecular weight is 418 g/mol. The van der Waals surface area contributed by atoms with Crippen LogP contribution in [0.4, 0.5) is 5.69 Å². The first-order valence-corrected chi connectivity index (χ1v) is 10.2. The van der Waals surface area contributed by atoms with Gasteiger partial charge in [0.1, 0.15) is 11.4 Å². The van der Waals surface area contributed by atoms with E-state index in [2.05, 4.69) is 10.4 Å². The number of rotatable bonds is 7. The van der Waals surface area contributed by atoms with E-state index in [4.69, 9.17) is 0 Å². The van der Waals surface area contributed by atoms with Crippen LogP contribution in [0.2, 0.25) is 0 Å². The third-order valence-electron chi connectivity index (χ3n) is 4.54. The van der Waals surface area contributed by atoms with Gasteiger partial charge in [0.2, 0.25) is 0 Å². The Kier molecular flexibility index (Phi) is 5.67. The molecule has 2 aromatic carbocycles. The molecule has 0 unspecified atom stereocenters. The van der Waals surface area contributed by atoms with E-state index in [1.54, 1.807) is 18.2 Å². The fourth-order valence-corrected chi connectivity index (χ4v) is 3.76. The predicted octanol–water partition coefficient (Wildman–Crippen LogP) is 4.48. The van der Waals surface area contributed by atoms with E-state index < -0.39 is 4.92 Å². The summed E-state index contributed by atoms with van der Waals surface area (Å²) in [6.45, 7) is 0.470. The summed E-state index contributed by atoms with van der Waals surface area (Å²) in [6, 6.07) is 21.5. The highest BCUT2D eigenvalue weighted by atomic mass is 32.1. The number of nitrogens with zero attached hydrogens (tertiary/aromatic N) is 3. The van der Waals surface area contributed by atoms with Crippen LogP contribution in [-0.4, -0.2) is 27.2 Å². The minimum absolute atomic E-state index is 0.0592. The number of nitrogens with one attached hydrogen (secondary N) is 1. The van der Waals surface area contributed by atoms with Crippen LogP contribution < -0.4 is 5.32 Å². The zero-order valence-corrected chi connectivity index (χ0v) is 16.7. The molecule has 1 amide bonds. The van der Waals surface area contributed by atoms with Crippen LogP contribution in [0.3, 0.4) is 0 Å². The van der Waals surface area contributed by atoms with Gasteiger partial charge in [-0.2, -0.15) is 5.10 Å². The molecule has 0 bridgehead atoms. The topological polar surface area (TPSA) is 90.1 Å². The molecule has 0 fully saturated rings. The van der Waals surface area contributed by atoms with Gasteiger partial charge in [-0.15, -0.1) is 11.3 Å². The molecule has 8 heteroatoms. The van der Waals surface area contributed by atoms with E-state index in [1.807, 2.05) is 47.8 Å². The van der Waals surface area contributed by atoms with Crippen molar-refractivity contribution in [2.45, 2.75) is 6.42 Å². The summed E-state index contributed by atoms with van der Waals surface area (Å²) >= 11 is 1.51. The summed E-state index contributed by atoms with van der Waals surface area (Å²) in [7, 11) is 0. The van der Waals surface area contributed by atoms with Crippen LogP contribution in [0.25, 0.3) is 16.3 Å². The Bertz CT molecular complexity index is 1170. The molecule has 4 aromatic rings. The van der Waals surface area contributed by atoms with Crippen molar-refractivity contribution in [3.8, 4) is 16.3 Å². The number of benzene rings is 2. The highest BCUT2D eigenvalue weighted by Gasteiger charge is 2.19. The summed E-state index contributed by atoms with van der Waals surface area (Å²) in [5.74, 6) is -0.284. The summed E-state index contributed by atoms with van der Waals surface area (Å²) in [5.41, 5.74) is 2.50. The van der Waals surface area contributed by atoms with E-state index in [0.29, 0.717) is 30.0 Å². The zero-order chi connectivity index (χ0) is 20.9. The minimum Gasteiger partial charge on any atom is -0.350 e. The van der Waals surface area contributed by atoms with Crippen molar-refractivity contribution in [3.63, 3.8) is 0 Å². The number of amides is 1. The molecule has 2 aromatic heterocycles. The first kappa shape index (κ1) is 19.5. The number of non-ortho nitro benzene ring substituents is 1. The van der Waals surface area contributed by atoms with E-state index >= 15 is 0 Å². The molecule has 30 heavy (non-hydrogen) atoms. The fraction of sp³-hybridized carbons (Fsp3) is 0.0909. The maximum Gasteiger partial charge on any atom is 0.271 e. The lowest BCUT2D eigenvalue weighted by Crippen LogP contribution is -2.27. The molecule has 0 saturated carbocycles. The number of thiophene rings is 1. The highest BCUT2D eigenvalue weighted by molar-refractivity contribution is 7.13. The lowest BCUT2D eigenvalue weighted by molar-refractivity contribution is -0.384. The molecule has 0 aliphatic rings. The second kappa shape index (κ2) is 8.71. The van der Waals surface area contributed by atoms with Gasteiger partial charge in [-0.25, -0.2) is 4.68 Å². The smallest absolute Gasteiger partial charge is 0.271 e.